The van der Waals surface area contributed by atoms with Gasteiger partial charge in [0.05, 0.1) is 14.3 Å². The van der Waals surface area contributed by atoms with Crippen molar-refractivity contribution in [3.63, 3.8) is 0 Å². The summed E-state index contributed by atoms with van der Waals surface area (Å²) in [7, 11) is -4.10. The fourth-order valence-electron chi connectivity index (χ4n) is 1.73. The summed E-state index contributed by atoms with van der Waals surface area (Å²) in [5.41, 5.74) is -0.282. The number of benzene rings is 1. The summed E-state index contributed by atoms with van der Waals surface area (Å²) in [4.78, 5) is 20.9. The zero-order chi connectivity index (χ0) is 17.1. The predicted molar refractivity (Wildman–Crippen MR) is 82.0 cm³/mol. The second-order valence-electron chi connectivity index (χ2n) is 5.01. The topological polar surface area (TPSA) is 127 Å². The number of rotatable bonds is 7. The van der Waals surface area contributed by atoms with Crippen LogP contribution in [-0.4, -0.2) is 30.5 Å². The van der Waals surface area contributed by atoms with E-state index in [4.69, 9.17) is 5.11 Å². The number of nitrogens with zero attached hydrogens (tertiary/aromatic N) is 1. The number of halogens is 1. The molecule has 0 aliphatic rings. The summed E-state index contributed by atoms with van der Waals surface area (Å²) in [6, 6.07) is 1.89. The third kappa shape index (κ3) is 4.75. The van der Waals surface area contributed by atoms with E-state index in [0.29, 0.717) is 0 Å². The van der Waals surface area contributed by atoms with Crippen LogP contribution in [0, 0.1) is 16.0 Å². The average Bonchev–Trinajstić information content (AvgIpc) is 2.36. The molecule has 0 amide bonds. The fourth-order valence-corrected chi connectivity index (χ4v) is 3.63. The molecular weight excluding hydrogens is 380 g/mol. The van der Waals surface area contributed by atoms with E-state index in [-0.39, 0.29) is 27.4 Å². The summed E-state index contributed by atoms with van der Waals surface area (Å²) in [5, 5.41) is 19.8. The molecule has 0 saturated carbocycles. The number of carboxylic acids is 1. The van der Waals surface area contributed by atoms with Crippen molar-refractivity contribution in [1.82, 2.24) is 4.72 Å². The monoisotopic (exact) mass is 394 g/mol. The molecule has 0 heterocycles. The summed E-state index contributed by atoms with van der Waals surface area (Å²) in [6.07, 6.45) is 0.128. The lowest BCUT2D eigenvalue weighted by Gasteiger charge is -2.16. The van der Waals surface area contributed by atoms with Gasteiger partial charge in [-0.3, -0.25) is 14.9 Å². The van der Waals surface area contributed by atoms with Gasteiger partial charge in [-0.25, -0.2) is 8.42 Å². The molecule has 0 saturated heterocycles. The van der Waals surface area contributed by atoms with E-state index in [1.807, 2.05) is 0 Å². The lowest BCUT2D eigenvalue weighted by molar-refractivity contribution is -0.385. The van der Waals surface area contributed by atoms with E-state index in [0.717, 1.165) is 18.2 Å². The number of aliphatic carboxylic acids is 1. The molecule has 1 aromatic carbocycles. The van der Waals surface area contributed by atoms with Gasteiger partial charge in [0.15, 0.2) is 0 Å². The highest BCUT2D eigenvalue weighted by atomic mass is 79.9. The van der Waals surface area contributed by atoms with Crippen molar-refractivity contribution in [3.8, 4) is 0 Å². The Hall–Kier alpha value is -1.52. The van der Waals surface area contributed by atoms with Gasteiger partial charge in [-0.15, -0.1) is 0 Å². The molecule has 1 rings (SSSR count). The van der Waals surface area contributed by atoms with Crippen LogP contribution in [0.25, 0.3) is 0 Å². The fraction of sp³-hybridized carbons (Fsp3) is 0.417. The van der Waals surface area contributed by atoms with Crippen molar-refractivity contribution < 1.29 is 23.2 Å². The Morgan fingerprint density at radius 2 is 2.05 bits per heavy atom. The van der Waals surface area contributed by atoms with Crippen LogP contribution in [0.15, 0.2) is 27.6 Å². The van der Waals surface area contributed by atoms with E-state index >= 15 is 0 Å². The first kappa shape index (κ1) is 18.5. The van der Waals surface area contributed by atoms with Crippen molar-refractivity contribution in [2.24, 2.45) is 5.92 Å². The highest BCUT2D eigenvalue weighted by Crippen LogP contribution is 2.27. The maximum absolute atomic E-state index is 12.2. The molecule has 0 unspecified atom stereocenters. The van der Waals surface area contributed by atoms with Gasteiger partial charge in [0.25, 0.3) is 5.69 Å². The summed E-state index contributed by atoms with van der Waals surface area (Å²) in [6.45, 7) is 3.54. The number of carboxylic acid groups (broad SMARTS) is 1. The smallest absolute Gasteiger partial charge is 0.321 e. The SMILES string of the molecule is CC(C)C[C@H](NS(=O)(=O)c1ccc([N+](=O)[O-])c(Br)c1)C(=O)O. The van der Waals surface area contributed by atoms with Crippen molar-refractivity contribution >= 4 is 37.6 Å². The summed E-state index contributed by atoms with van der Waals surface area (Å²) >= 11 is 2.93. The number of carbonyl (C=O) groups is 1. The lowest BCUT2D eigenvalue weighted by atomic mass is 10.1. The standard InChI is InChI=1S/C12H15BrN2O6S/c1-7(2)5-10(12(16)17)14-22(20,21)8-3-4-11(15(18)19)9(13)6-8/h3-4,6-7,10,14H,5H2,1-2H3,(H,16,17)/t10-/m0/s1. The number of sulfonamides is 1. The normalized spacial score (nSPS) is 13.1. The number of hydrogen-bond donors (Lipinski definition) is 2. The molecule has 2 N–H and O–H groups in total. The molecule has 10 heteroatoms. The molecule has 0 aliphatic carbocycles. The minimum atomic E-state index is -4.10. The second kappa shape index (κ2) is 7.16. The van der Waals surface area contributed by atoms with Gasteiger partial charge in [-0.2, -0.15) is 4.72 Å². The number of nitro groups is 1. The number of nitro benzene ring substituents is 1. The highest BCUT2D eigenvalue weighted by Gasteiger charge is 2.27. The van der Waals surface area contributed by atoms with E-state index in [9.17, 15) is 23.3 Å². The van der Waals surface area contributed by atoms with Crippen LogP contribution in [0.2, 0.25) is 0 Å². The molecule has 22 heavy (non-hydrogen) atoms. The molecule has 0 spiro atoms. The quantitative estimate of drug-likeness (QED) is 0.538. The van der Waals surface area contributed by atoms with Crippen LogP contribution in [-0.2, 0) is 14.8 Å². The predicted octanol–water partition coefficient (Wildman–Crippen LogP) is 2.13. The number of hydrogen-bond acceptors (Lipinski definition) is 5. The Kier molecular flexibility index (Phi) is 6.03. The first-order valence-electron chi connectivity index (χ1n) is 6.23. The van der Waals surface area contributed by atoms with Crippen LogP contribution in [0.3, 0.4) is 0 Å². The maximum Gasteiger partial charge on any atom is 0.321 e. The van der Waals surface area contributed by atoms with Gasteiger partial charge in [0.2, 0.25) is 10.0 Å². The highest BCUT2D eigenvalue weighted by molar-refractivity contribution is 9.10. The second-order valence-corrected chi connectivity index (χ2v) is 7.58. The van der Waals surface area contributed by atoms with Gasteiger partial charge in [-0.1, -0.05) is 13.8 Å². The van der Waals surface area contributed by atoms with Crippen molar-refractivity contribution in [2.45, 2.75) is 31.2 Å². The van der Waals surface area contributed by atoms with Crippen LogP contribution in [0.5, 0.6) is 0 Å². The number of nitrogens with one attached hydrogen (secondary N) is 1. The Balaban J connectivity index is 3.10. The molecule has 8 nitrogen and oxygen atoms in total. The minimum absolute atomic E-state index is 0.00360. The van der Waals surface area contributed by atoms with E-state index in [1.165, 1.54) is 0 Å². The Labute approximate surface area is 135 Å². The molecule has 122 valence electrons. The van der Waals surface area contributed by atoms with Gasteiger partial charge >= 0.3 is 5.97 Å². The van der Waals surface area contributed by atoms with Crippen molar-refractivity contribution in [1.29, 1.82) is 0 Å². The van der Waals surface area contributed by atoms with Crippen LogP contribution < -0.4 is 4.72 Å². The third-order valence-electron chi connectivity index (χ3n) is 2.73. The van der Waals surface area contributed by atoms with E-state index < -0.39 is 27.0 Å². The molecule has 1 atom stereocenters. The zero-order valence-corrected chi connectivity index (χ0v) is 14.2. The van der Waals surface area contributed by atoms with Gasteiger partial charge < -0.3 is 5.11 Å². The molecule has 0 bridgehead atoms. The van der Waals surface area contributed by atoms with Gasteiger partial charge in [0, 0.05) is 6.07 Å². The summed E-state index contributed by atoms with van der Waals surface area (Å²) in [5.74, 6) is -1.30. The minimum Gasteiger partial charge on any atom is -0.480 e. The largest absolute Gasteiger partial charge is 0.480 e. The third-order valence-corrected chi connectivity index (χ3v) is 4.83. The van der Waals surface area contributed by atoms with Crippen LogP contribution in [0.4, 0.5) is 5.69 Å². The molecule has 0 fully saturated rings. The molecule has 0 radical (unpaired) electrons. The Bertz CT molecular complexity index is 689. The van der Waals surface area contributed by atoms with Gasteiger partial charge in [0.1, 0.15) is 6.04 Å². The molecule has 0 aliphatic heterocycles. The summed E-state index contributed by atoms with van der Waals surface area (Å²) < 4.78 is 26.5. The molecular formula is C12H15BrN2O6S. The first-order valence-corrected chi connectivity index (χ1v) is 8.51. The molecule has 0 aromatic heterocycles. The zero-order valence-electron chi connectivity index (χ0n) is 11.8. The maximum atomic E-state index is 12.2. The van der Waals surface area contributed by atoms with Crippen LogP contribution in [0.1, 0.15) is 20.3 Å². The Morgan fingerprint density at radius 1 is 1.45 bits per heavy atom. The lowest BCUT2D eigenvalue weighted by Crippen LogP contribution is -2.41. The van der Waals surface area contributed by atoms with E-state index in [2.05, 4.69) is 20.7 Å². The molecule has 1 aromatic rings. The van der Waals surface area contributed by atoms with Crippen molar-refractivity contribution in [3.05, 3.63) is 32.8 Å². The van der Waals surface area contributed by atoms with Gasteiger partial charge in [-0.05, 0) is 40.4 Å². The van der Waals surface area contributed by atoms with E-state index in [1.54, 1.807) is 13.8 Å². The van der Waals surface area contributed by atoms with Crippen molar-refractivity contribution in [2.75, 3.05) is 0 Å². The van der Waals surface area contributed by atoms with Crippen LogP contribution >= 0.6 is 15.9 Å². The first-order chi connectivity index (χ1) is 10.0. The Morgan fingerprint density at radius 3 is 2.45 bits per heavy atom. The average molecular weight is 395 g/mol.